The smallest absolute Gasteiger partial charge is 0.335 e. The van der Waals surface area contributed by atoms with Gasteiger partial charge in [0.15, 0.2) is 0 Å². The van der Waals surface area contributed by atoms with E-state index < -0.39 is 12.0 Å². The Bertz CT molecular complexity index is 548. The van der Waals surface area contributed by atoms with Gasteiger partial charge in [0.05, 0.1) is 11.6 Å². The zero-order valence-corrected chi connectivity index (χ0v) is 12.9. The van der Waals surface area contributed by atoms with Crippen LogP contribution >= 0.6 is 11.8 Å². The Morgan fingerprint density at radius 2 is 2.24 bits per heavy atom. The Morgan fingerprint density at radius 1 is 1.48 bits per heavy atom. The van der Waals surface area contributed by atoms with E-state index in [1.807, 2.05) is 6.26 Å². The summed E-state index contributed by atoms with van der Waals surface area (Å²) in [5, 5.41) is 9.04. The second-order valence-corrected chi connectivity index (χ2v) is 6.12. The topological polar surface area (TPSA) is 83.6 Å². The molecule has 0 spiro atoms. The molecule has 0 bridgehead atoms. The van der Waals surface area contributed by atoms with Crippen molar-refractivity contribution in [3.8, 4) is 0 Å². The van der Waals surface area contributed by atoms with E-state index >= 15 is 0 Å². The highest BCUT2D eigenvalue weighted by Crippen LogP contribution is 2.28. The third kappa shape index (κ3) is 3.57. The zero-order valence-electron chi connectivity index (χ0n) is 12.0. The lowest BCUT2D eigenvalue weighted by atomic mass is 9.98. The summed E-state index contributed by atoms with van der Waals surface area (Å²) in [5.74, 6) is -0.169. The van der Waals surface area contributed by atoms with Crippen LogP contribution in [0.25, 0.3) is 0 Å². The highest BCUT2D eigenvalue weighted by Gasteiger charge is 2.26. The average Bonchev–Trinajstić information content (AvgIpc) is 2.50. The number of carboxylic acid groups (broad SMARTS) is 1. The fraction of sp³-hybridized carbons (Fsp3) is 0.467. The molecule has 1 amide bonds. The van der Waals surface area contributed by atoms with E-state index in [0.29, 0.717) is 13.0 Å². The molecule has 1 heterocycles. The van der Waals surface area contributed by atoms with E-state index in [1.54, 1.807) is 34.9 Å². The zero-order chi connectivity index (χ0) is 15.4. The predicted octanol–water partition coefficient (Wildman–Crippen LogP) is 1.74. The minimum atomic E-state index is -0.946. The van der Waals surface area contributed by atoms with E-state index in [9.17, 15) is 9.59 Å². The summed E-state index contributed by atoms with van der Waals surface area (Å²) in [6, 6.07) is 4.42. The predicted molar refractivity (Wildman–Crippen MR) is 85.0 cm³/mol. The fourth-order valence-electron chi connectivity index (χ4n) is 2.53. The van der Waals surface area contributed by atoms with Crippen LogP contribution in [0, 0.1) is 0 Å². The van der Waals surface area contributed by atoms with Gasteiger partial charge in [-0.1, -0.05) is 0 Å². The summed E-state index contributed by atoms with van der Waals surface area (Å²) < 4.78 is 0. The standard InChI is InChI=1S/C15H20N2O3S/c1-21-8-6-12(16)14(18)17-7-2-3-10-9-11(15(19)20)4-5-13(10)17/h4-5,9,12H,2-3,6-8,16H2,1H3,(H,19,20)/t12-/m1/s1. The SMILES string of the molecule is CSCC[C@@H](N)C(=O)N1CCCc2cc(C(=O)O)ccc21. The molecule has 1 aliphatic heterocycles. The number of thioether (sulfide) groups is 1. The van der Waals surface area contributed by atoms with Crippen molar-refractivity contribution in [3.05, 3.63) is 29.3 Å². The first-order chi connectivity index (χ1) is 10.0. The number of nitrogens with two attached hydrogens (primary N) is 1. The fourth-order valence-corrected chi connectivity index (χ4v) is 3.02. The van der Waals surface area contributed by atoms with Gasteiger partial charge in [-0.3, -0.25) is 4.79 Å². The van der Waals surface area contributed by atoms with Gasteiger partial charge in [-0.25, -0.2) is 4.79 Å². The maximum Gasteiger partial charge on any atom is 0.335 e. The molecule has 0 saturated heterocycles. The first-order valence-electron chi connectivity index (χ1n) is 6.96. The highest BCUT2D eigenvalue weighted by atomic mass is 32.2. The van der Waals surface area contributed by atoms with Crippen molar-refractivity contribution in [2.75, 3.05) is 23.5 Å². The third-order valence-corrected chi connectivity index (χ3v) is 4.31. The monoisotopic (exact) mass is 308 g/mol. The molecule has 3 N–H and O–H groups in total. The number of hydrogen-bond donors (Lipinski definition) is 2. The summed E-state index contributed by atoms with van der Waals surface area (Å²) >= 11 is 1.67. The van der Waals surface area contributed by atoms with Crippen LogP contribution in [0.5, 0.6) is 0 Å². The van der Waals surface area contributed by atoms with E-state index in [4.69, 9.17) is 10.8 Å². The Hall–Kier alpha value is -1.53. The normalized spacial score (nSPS) is 15.4. The minimum absolute atomic E-state index is 0.0759. The number of aryl methyl sites for hydroxylation is 1. The number of amides is 1. The second-order valence-electron chi connectivity index (χ2n) is 5.13. The van der Waals surface area contributed by atoms with Crippen molar-refractivity contribution in [2.45, 2.75) is 25.3 Å². The molecule has 0 aromatic heterocycles. The van der Waals surface area contributed by atoms with Crippen molar-refractivity contribution in [3.63, 3.8) is 0 Å². The van der Waals surface area contributed by atoms with Crippen LogP contribution in [0.15, 0.2) is 18.2 Å². The van der Waals surface area contributed by atoms with Gasteiger partial charge in [0.1, 0.15) is 0 Å². The minimum Gasteiger partial charge on any atom is -0.478 e. The molecule has 0 aliphatic carbocycles. The lowest BCUT2D eigenvalue weighted by Crippen LogP contribution is -2.46. The Balaban J connectivity index is 2.21. The van der Waals surface area contributed by atoms with Crippen LogP contribution < -0.4 is 10.6 Å². The van der Waals surface area contributed by atoms with Gasteiger partial charge < -0.3 is 15.7 Å². The summed E-state index contributed by atoms with van der Waals surface area (Å²) in [6.45, 7) is 0.644. The first kappa shape index (κ1) is 15.9. The van der Waals surface area contributed by atoms with Crippen molar-refractivity contribution >= 4 is 29.3 Å². The number of benzene rings is 1. The average molecular weight is 308 g/mol. The third-order valence-electron chi connectivity index (χ3n) is 3.66. The molecular weight excluding hydrogens is 288 g/mol. The van der Waals surface area contributed by atoms with Gasteiger partial charge in [-0.15, -0.1) is 0 Å². The Kier molecular flexibility index (Phi) is 5.25. The quantitative estimate of drug-likeness (QED) is 0.865. The van der Waals surface area contributed by atoms with Crippen LogP contribution in [0.1, 0.15) is 28.8 Å². The van der Waals surface area contributed by atoms with Crippen LogP contribution in [-0.4, -0.2) is 41.6 Å². The van der Waals surface area contributed by atoms with E-state index in [-0.39, 0.29) is 11.5 Å². The van der Waals surface area contributed by atoms with Gasteiger partial charge in [-0.05, 0) is 55.0 Å². The number of rotatable bonds is 5. The molecule has 21 heavy (non-hydrogen) atoms. The summed E-state index contributed by atoms with van der Waals surface area (Å²) in [4.78, 5) is 25.2. The number of fused-ring (bicyclic) bond motifs is 1. The van der Waals surface area contributed by atoms with Gasteiger partial charge >= 0.3 is 5.97 Å². The molecule has 6 heteroatoms. The van der Waals surface area contributed by atoms with Crippen LogP contribution in [-0.2, 0) is 11.2 Å². The Labute approximate surface area is 128 Å². The molecular formula is C15H20N2O3S. The Morgan fingerprint density at radius 3 is 2.90 bits per heavy atom. The molecule has 114 valence electrons. The van der Waals surface area contributed by atoms with Gasteiger partial charge in [0.2, 0.25) is 5.91 Å². The lowest BCUT2D eigenvalue weighted by Gasteiger charge is -2.31. The number of carboxylic acids is 1. The summed E-state index contributed by atoms with van der Waals surface area (Å²) in [5.41, 5.74) is 7.94. The second kappa shape index (κ2) is 6.95. The number of hydrogen-bond acceptors (Lipinski definition) is 4. The molecule has 0 fully saturated rings. The van der Waals surface area contributed by atoms with Crippen LogP contribution in [0.3, 0.4) is 0 Å². The molecule has 2 rings (SSSR count). The van der Waals surface area contributed by atoms with Crippen molar-refractivity contribution in [1.29, 1.82) is 0 Å². The number of nitrogens with zero attached hydrogens (tertiary/aromatic N) is 1. The number of anilines is 1. The number of carbonyl (C=O) groups excluding carboxylic acids is 1. The lowest BCUT2D eigenvalue weighted by molar-refractivity contribution is -0.119. The number of carbonyl (C=O) groups is 2. The van der Waals surface area contributed by atoms with Crippen molar-refractivity contribution < 1.29 is 14.7 Å². The van der Waals surface area contributed by atoms with Crippen molar-refractivity contribution in [1.82, 2.24) is 0 Å². The first-order valence-corrected chi connectivity index (χ1v) is 8.36. The van der Waals surface area contributed by atoms with Gasteiger partial charge in [0, 0.05) is 12.2 Å². The van der Waals surface area contributed by atoms with E-state index in [0.717, 1.165) is 29.8 Å². The molecule has 0 radical (unpaired) electrons. The molecule has 1 atom stereocenters. The summed E-state index contributed by atoms with van der Waals surface area (Å²) in [7, 11) is 0. The van der Waals surface area contributed by atoms with Crippen LogP contribution in [0.2, 0.25) is 0 Å². The highest BCUT2D eigenvalue weighted by molar-refractivity contribution is 7.98. The molecule has 0 saturated carbocycles. The molecule has 1 aromatic rings. The maximum absolute atomic E-state index is 12.5. The van der Waals surface area contributed by atoms with Gasteiger partial charge in [-0.2, -0.15) is 11.8 Å². The molecule has 1 aromatic carbocycles. The van der Waals surface area contributed by atoms with Crippen molar-refractivity contribution in [2.24, 2.45) is 5.73 Å². The molecule has 0 unspecified atom stereocenters. The van der Waals surface area contributed by atoms with E-state index in [1.165, 1.54) is 0 Å². The summed E-state index contributed by atoms with van der Waals surface area (Å²) in [6.07, 6.45) is 4.26. The number of aromatic carboxylic acids is 1. The molecule has 1 aliphatic rings. The maximum atomic E-state index is 12.5. The van der Waals surface area contributed by atoms with E-state index in [2.05, 4.69) is 0 Å². The largest absolute Gasteiger partial charge is 0.478 e. The van der Waals surface area contributed by atoms with Crippen LogP contribution in [0.4, 0.5) is 5.69 Å². The van der Waals surface area contributed by atoms with Gasteiger partial charge in [0.25, 0.3) is 0 Å². The molecule has 5 nitrogen and oxygen atoms in total.